The lowest BCUT2D eigenvalue weighted by Gasteiger charge is -2.15. The Morgan fingerprint density at radius 1 is 0.810 bits per heavy atom. The molecule has 0 spiro atoms. The van der Waals surface area contributed by atoms with E-state index in [1.54, 1.807) is 13.8 Å². The lowest BCUT2D eigenvalue weighted by molar-refractivity contribution is 0.0976. The summed E-state index contributed by atoms with van der Waals surface area (Å²) >= 11 is 0. The van der Waals surface area contributed by atoms with E-state index in [0.29, 0.717) is 22.3 Å². The summed E-state index contributed by atoms with van der Waals surface area (Å²) in [7, 11) is 1.90. The van der Waals surface area contributed by atoms with E-state index < -0.39 is 0 Å². The van der Waals surface area contributed by atoms with Crippen LogP contribution in [0.2, 0.25) is 0 Å². The van der Waals surface area contributed by atoms with Crippen molar-refractivity contribution in [2.24, 2.45) is 7.05 Å². The zero-order valence-corrected chi connectivity index (χ0v) is 12.7. The number of hydrogen-bond donors (Lipinski definition) is 0. The Morgan fingerprint density at radius 2 is 1.33 bits per heavy atom. The number of carbonyl (C=O) groups excluding carboxylic acids is 2. The van der Waals surface area contributed by atoms with Crippen molar-refractivity contribution in [3.63, 3.8) is 0 Å². The Balaban J connectivity index is 2.39. The van der Waals surface area contributed by atoms with Crippen molar-refractivity contribution in [1.29, 1.82) is 0 Å². The van der Waals surface area contributed by atoms with E-state index >= 15 is 0 Å². The van der Waals surface area contributed by atoms with E-state index in [-0.39, 0.29) is 11.6 Å². The van der Waals surface area contributed by atoms with Gasteiger partial charge in [-0.15, -0.1) is 0 Å². The zero-order valence-electron chi connectivity index (χ0n) is 12.7. The van der Waals surface area contributed by atoms with E-state index in [1.165, 1.54) is 0 Å². The van der Waals surface area contributed by atoms with Gasteiger partial charge in [0.05, 0.1) is 16.8 Å². The van der Waals surface area contributed by atoms with Crippen molar-refractivity contribution < 1.29 is 9.59 Å². The summed E-state index contributed by atoms with van der Waals surface area (Å²) in [6.07, 6.45) is 0. The van der Waals surface area contributed by atoms with Gasteiger partial charge in [0, 0.05) is 23.9 Å². The standard InChI is InChI=1S/C18H17NO2/c1-10-11(2)18(21)15-14(17(10)20)12(3)19(4)16(15)13-8-6-5-7-9-13/h5-9H,1-4H3. The molecule has 0 radical (unpaired) electrons. The molecule has 1 heterocycles. The van der Waals surface area contributed by atoms with E-state index in [4.69, 9.17) is 0 Å². The molecule has 1 aliphatic rings. The fourth-order valence-electron chi connectivity index (χ4n) is 2.95. The predicted molar refractivity (Wildman–Crippen MR) is 82.6 cm³/mol. The predicted octanol–water partition coefficient (Wildman–Crippen LogP) is 3.72. The third-order valence-corrected chi connectivity index (χ3v) is 4.43. The van der Waals surface area contributed by atoms with Gasteiger partial charge < -0.3 is 4.57 Å². The molecule has 2 aromatic rings. The van der Waals surface area contributed by atoms with Crippen molar-refractivity contribution in [1.82, 2.24) is 4.57 Å². The summed E-state index contributed by atoms with van der Waals surface area (Å²) in [4.78, 5) is 25.3. The second kappa shape index (κ2) is 4.55. The Kier molecular flexibility index (Phi) is 2.94. The second-order valence-corrected chi connectivity index (χ2v) is 5.52. The highest BCUT2D eigenvalue weighted by Crippen LogP contribution is 2.37. The van der Waals surface area contributed by atoms with Gasteiger partial charge in [0.15, 0.2) is 11.6 Å². The van der Waals surface area contributed by atoms with Crippen molar-refractivity contribution >= 4 is 11.6 Å². The second-order valence-electron chi connectivity index (χ2n) is 5.52. The number of aromatic nitrogens is 1. The molecule has 1 aliphatic carbocycles. The molecule has 1 aromatic carbocycles. The summed E-state index contributed by atoms with van der Waals surface area (Å²) in [6.45, 7) is 5.35. The molecule has 3 heteroatoms. The van der Waals surface area contributed by atoms with E-state index in [1.807, 2.05) is 48.9 Å². The van der Waals surface area contributed by atoms with Crippen LogP contribution in [-0.2, 0) is 7.05 Å². The monoisotopic (exact) mass is 279 g/mol. The van der Waals surface area contributed by atoms with E-state index in [2.05, 4.69) is 0 Å². The Morgan fingerprint density at radius 3 is 1.90 bits per heavy atom. The van der Waals surface area contributed by atoms with Crippen LogP contribution < -0.4 is 0 Å². The molecule has 0 atom stereocenters. The minimum absolute atomic E-state index is 0.0302. The van der Waals surface area contributed by atoms with Gasteiger partial charge in [-0.2, -0.15) is 0 Å². The lowest BCUT2D eigenvalue weighted by Crippen LogP contribution is -2.19. The van der Waals surface area contributed by atoms with Crippen LogP contribution in [0.3, 0.4) is 0 Å². The fourth-order valence-corrected chi connectivity index (χ4v) is 2.95. The van der Waals surface area contributed by atoms with Gasteiger partial charge in [-0.1, -0.05) is 30.3 Å². The van der Waals surface area contributed by atoms with E-state index in [0.717, 1.165) is 17.0 Å². The van der Waals surface area contributed by atoms with E-state index in [9.17, 15) is 9.59 Å². The molecule has 21 heavy (non-hydrogen) atoms. The number of carbonyl (C=O) groups is 2. The average Bonchev–Trinajstić information content (AvgIpc) is 2.76. The van der Waals surface area contributed by atoms with Crippen LogP contribution in [-0.4, -0.2) is 16.1 Å². The topological polar surface area (TPSA) is 39.1 Å². The molecular weight excluding hydrogens is 262 g/mol. The smallest absolute Gasteiger partial charge is 0.192 e. The van der Waals surface area contributed by atoms with Crippen molar-refractivity contribution in [3.8, 4) is 11.3 Å². The van der Waals surface area contributed by atoms with Crippen molar-refractivity contribution in [2.75, 3.05) is 0 Å². The van der Waals surface area contributed by atoms with Crippen molar-refractivity contribution in [3.05, 3.63) is 58.3 Å². The molecule has 1 aromatic heterocycles. The molecular formula is C18H17NO2. The quantitative estimate of drug-likeness (QED) is 0.798. The van der Waals surface area contributed by atoms with Gasteiger partial charge in [0.1, 0.15) is 0 Å². The maximum atomic E-state index is 12.7. The lowest BCUT2D eigenvalue weighted by atomic mass is 9.85. The number of benzene rings is 1. The Labute approximate surface area is 123 Å². The molecule has 3 rings (SSSR count). The third-order valence-electron chi connectivity index (χ3n) is 4.43. The van der Waals surface area contributed by atoms with Crippen LogP contribution in [0.5, 0.6) is 0 Å². The number of rotatable bonds is 1. The number of hydrogen-bond acceptors (Lipinski definition) is 2. The van der Waals surface area contributed by atoms with Gasteiger partial charge in [-0.3, -0.25) is 9.59 Å². The molecule has 0 saturated heterocycles. The van der Waals surface area contributed by atoms with Gasteiger partial charge >= 0.3 is 0 Å². The van der Waals surface area contributed by atoms with Gasteiger partial charge in [-0.25, -0.2) is 0 Å². The first kappa shape index (κ1) is 13.6. The number of Topliss-reactive ketones (excluding diaryl/α,β-unsaturated/α-hetero) is 2. The average molecular weight is 279 g/mol. The Hall–Kier alpha value is -2.42. The molecule has 0 unspecified atom stereocenters. The summed E-state index contributed by atoms with van der Waals surface area (Å²) in [6, 6.07) is 9.74. The molecule has 3 nitrogen and oxygen atoms in total. The van der Waals surface area contributed by atoms with Crippen LogP contribution in [0, 0.1) is 6.92 Å². The fraction of sp³-hybridized carbons (Fsp3) is 0.222. The van der Waals surface area contributed by atoms with Gasteiger partial charge in [0.25, 0.3) is 0 Å². The highest BCUT2D eigenvalue weighted by atomic mass is 16.1. The van der Waals surface area contributed by atoms with Crippen LogP contribution >= 0.6 is 0 Å². The first-order chi connectivity index (χ1) is 9.95. The first-order valence-corrected chi connectivity index (χ1v) is 6.96. The molecule has 0 aliphatic heterocycles. The SMILES string of the molecule is CC1=C(C)C(=O)c2c(c(C)n(C)c2-c2ccccc2)C1=O. The molecule has 106 valence electrons. The molecule has 0 N–H and O–H groups in total. The maximum absolute atomic E-state index is 12.7. The minimum Gasteiger partial charge on any atom is -0.347 e. The van der Waals surface area contributed by atoms with Crippen LogP contribution in [0.15, 0.2) is 41.5 Å². The molecule has 0 saturated carbocycles. The van der Waals surface area contributed by atoms with Crippen molar-refractivity contribution in [2.45, 2.75) is 20.8 Å². The molecule has 0 amide bonds. The van der Waals surface area contributed by atoms with Gasteiger partial charge in [-0.05, 0) is 26.3 Å². The molecule has 0 fully saturated rings. The third kappa shape index (κ3) is 1.74. The number of allylic oxidation sites excluding steroid dienone is 2. The summed E-state index contributed by atoms with van der Waals surface area (Å²) in [5.41, 5.74) is 4.84. The van der Waals surface area contributed by atoms with Gasteiger partial charge in [0.2, 0.25) is 0 Å². The number of ketones is 2. The normalized spacial score (nSPS) is 14.7. The number of nitrogens with zero attached hydrogens (tertiary/aromatic N) is 1. The van der Waals surface area contributed by atoms with Crippen LogP contribution in [0.1, 0.15) is 40.3 Å². The largest absolute Gasteiger partial charge is 0.347 e. The summed E-state index contributed by atoms with van der Waals surface area (Å²) in [5, 5.41) is 0. The summed E-state index contributed by atoms with van der Waals surface area (Å²) < 4.78 is 1.95. The Bertz CT molecular complexity index is 807. The maximum Gasteiger partial charge on any atom is 0.192 e. The first-order valence-electron chi connectivity index (χ1n) is 6.96. The minimum atomic E-state index is -0.0374. The van der Waals surface area contributed by atoms with Crippen LogP contribution in [0.25, 0.3) is 11.3 Å². The highest BCUT2D eigenvalue weighted by molar-refractivity contribution is 6.29. The van der Waals surface area contributed by atoms with Crippen LogP contribution in [0.4, 0.5) is 0 Å². The highest BCUT2D eigenvalue weighted by Gasteiger charge is 2.34. The molecule has 0 bridgehead atoms. The number of fused-ring (bicyclic) bond motifs is 1. The zero-order chi connectivity index (χ0) is 15.3. The summed E-state index contributed by atoms with van der Waals surface area (Å²) in [5.74, 6) is -0.0676.